The van der Waals surface area contributed by atoms with Crippen molar-refractivity contribution in [3.8, 4) is 0 Å². The lowest BCUT2D eigenvalue weighted by Gasteiger charge is -2.34. The van der Waals surface area contributed by atoms with E-state index >= 15 is 0 Å². The molecule has 112 valence electrons. The fraction of sp³-hybridized carbons (Fsp3) is 0.667. The van der Waals surface area contributed by atoms with Crippen molar-refractivity contribution >= 4 is 0 Å². The Morgan fingerprint density at radius 1 is 1.10 bits per heavy atom. The molecule has 2 atom stereocenters. The molecule has 0 amide bonds. The molecule has 20 heavy (non-hydrogen) atoms. The maximum absolute atomic E-state index is 10.2. The molecule has 1 aliphatic rings. The van der Waals surface area contributed by atoms with E-state index in [0.717, 1.165) is 25.7 Å². The smallest absolute Gasteiger partial charge is 0.0693 e. The first kappa shape index (κ1) is 15.5. The van der Waals surface area contributed by atoms with Crippen molar-refractivity contribution in [2.24, 2.45) is 0 Å². The zero-order valence-electron chi connectivity index (χ0n) is 12.9. The minimum atomic E-state index is -0.173. The average Bonchev–Trinajstić information content (AvgIpc) is 2.63. The van der Waals surface area contributed by atoms with Crippen LogP contribution < -0.4 is 5.32 Å². The molecule has 1 aliphatic carbocycles. The second-order valence-corrected chi connectivity index (χ2v) is 6.83. The van der Waals surface area contributed by atoms with E-state index in [1.165, 1.54) is 24.8 Å². The van der Waals surface area contributed by atoms with E-state index < -0.39 is 0 Å². The minimum absolute atomic E-state index is 0.0752. The summed E-state index contributed by atoms with van der Waals surface area (Å²) in [6, 6.07) is 10.9. The van der Waals surface area contributed by atoms with Gasteiger partial charge in [-0.25, -0.2) is 0 Å². The Morgan fingerprint density at radius 2 is 1.80 bits per heavy atom. The maximum Gasteiger partial charge on any atom is 0.0693 e. The third-order valence-electron chi connectivity index (χ3n) is 4.44. The van der Waals surface area contributed by atoms with Crippen LogP contribution in [0.3, 0.4) is 0 Å². The second kappa shape index (κ2) is 7.24. The predicted molar refractivity (Wildman–Crippen MR) is 84.9 cm³/mol. The number of hydrogen-bond donors (Lipinski definition) is 2. The summed E-state index contributed by atoms with van der Waals surface area (Å²) in [4.78, 5) is 0. The molecular weight excluding hydrogens is 246 g/mol. The molecular formula is C18H29NO. The van der Waals surface area contributed by atoms with Crippen molar-refractivity contribution in [1.29, 1.82) is 0 Å². The van der Waals surface area contributed by atoms with Gasteiger partial charge in [-0.3, -0.25) is 0 Å². The number of nitrogens with one attached hydrogen (secondary N) is 1. The van der Waals surface area contributed by atoms with Crippen LogP contribution >= 0.6 is 0 Å². The monoisotopic (exact) mass is 275 g/mol. The van der Waals surface area contributed by atoms with Crippen molar-refractivity contribution in [3.05, 3.63) is 35.9 Å². The Bertz CT molecular complexity index is 388. The van der Waals surface area contributed by atoms with Crippen LogP contribution in [0.15, 0.2) is 30.3 Å². The Balaban J connectivity index is 1.86. The summed E-state index contributed by atoms with van der Waals surface area (Å²) in [5, 5.41) is 13.9. The SMILES string of the molecule is CC(C)(CCc1ccccc1)NC1CCCCCC1O. The van der Waals surface area contributed by atoms with Crippen molar-refractivity contribution < 1.29 is 5.11 Å². The van der Waals surface area contributed by atoms with Gasteiger partial charge < -0.3 is 10.4 Å². The molecule has 1 aromatic rings. The molecule has 0 radical (unpaired) electrons. The summed E-state index contributed by atoms with van der Waals surface area (Å²) < 4.78 is 0. The van der Waals surface area contributed by atoms with Crippen LogP contribution in [-0.2, 0) is 6.42 Å². The van der Waals surface area contributed by atoms with Gasteiger partial charge in [0.1, 0.15) is 0 Å². The number of aryl methyl sites for hydroxylation is 1. The molecule has 0 aromatic heterocycles. The van der Waals surface area contributed by atoms with Crippen LogP contribution in [0.2, 0.25) is 0 Å². The summed E-state index contributed by atoms with van der Waals surface area (Å²) in [6.07, 6.45) is 7.74. The molecule has 2 rings (SSSR count). The quantitative estimate of drug-likeness (QED) is 0.803. The van der Waals surface area contributed by atoms with Crippen LogP contribution in [0.25, 0.3) is 0 Å². The van der Waals surface area contributed by atoms with Gasteiger partial charge in [-0.1, -0.05) is 49.6 Å². The summed E-state index contributed by atoms with van der Waals surface area (Å²) in [5.74, 6) is 0. The molecule has 1 aromatic carbocycles. The summed E-state index contributed by atoms with van der Waals surface area (Å²) in [5.41, 5.74) is 1.47. The molecule has 2 heteroatoms. The topological polar surface area (TPSA) is 32.3 Å². The number of hydrogen-bond acceptors (Lipinski definition) is 2. The van der Waals surface area contributed by atoms with Crippen LogP contribution in [0.5, 0.6) is 0 Å². The van der Waals surface area contributed by atoms with Gasteiger partial charge in [0, 0.05) is 11.6 Å². The molecule has 1 fully saturated rings. The van der Waals surface area contributed by atoms with E-state index in [1.807, 2.05) is 0 Å². The zero-order chi connectivity index (χ0) is 14.4. The van der Waals surface area contributed by atoms with Crippen LogP contribution in [0.1, 0.15) is 57.9 Å². The normalized spacial score (nSPS) is 24.4. The highest BCUT2D eigenvalue weighted by Crippen LogP contribution is 2.22. The van der Waals surface area contributed by atoms with E-state index in [1.54, 1.807) is 0 Å². The highest BCUT2D eigenvalue weighted by atomic mass is 16.3. The molecule has 1 saturated carbocycles. The zero-order valence-corrected chi connectivity index (χ0v) is 12.9. The third-order valence-corrected chi connectivity index (χ3v) is 4.44. The Hall–Kier alpha value is -0.860. The van der Waals surface area contributed by atoms with E-state index in [4.69, 9.17) is 0 Å². The minimum Gasteiger partial charge on any atom is -0.392 e. The summed E-state index contributed by atoms with van der Waals surface area (Å²) in [6.45, 7) is 4.51. The van der Waals surface area contributed by atoms with Crippen molar-refractivity contribution in [1.82, 2.24) is 5.32 Å². The van der Waals surface area contributed by atoms with E-state index in [0.29, 0.717) is 0 Å². The number of aliphatic hydroxyl groups excluding tert-OH is 1. The van der Waals surface area contributed by atoms with Gasteiger partial charge >= 0.3 is 0 Å². The van der Waals surface area contributed by atoms with Gasteiger partial charge in [0.15, 0.2) is 0 Å². The lowest BCUT2D eigenvalue weighted by molar-refractivity contribution is 0.102. The molecule has 0 spiro atoms. The van der Waals surface area contributed by atoms with Crippen LogP contribution in [-0.4, -0.2) is 22.8 Å². The first-order chi connectivity index (χ1) is 9.57. The number of rotatable bonds is 5. The highest BCUT2D eigenvalue weighted by molar-refractivity contribution is 5.15. The lowest BCUT2D eigenvalue weighted by atomic mass is 9.92. The fourth-order valence-electron chi connectivity index (χ4n) is 3.13. The number of benzene rings is 1. The largest absolute Gasteiger partial charge is 0.392 e. The van der Waals surface area contributed by atoms with Gasteiger partial charge in [-0.2, -0.15) is 0 Å². The maximum atomic E-state index is 10.2. The van der Waals surface area contributed by atoms with Crippen molar-refractivity contribution in [2.75, 3.05) is 0 Å². The number of aliphatic hydroxyl groups is 1. The van der Waals surface area contributed by atoms with Crippen LogP contribution in [0.4, 0.5) is 0 Å². The van der Waals surface area contributed by atoms with E-state index in [-0.39, 0.29) is 17.7 Å². The summed E-state index contributed by atoms with van der Waals surface area (Å²) >= 11 is 0. The van der Waals surface area contributed by atoms with Gasteiger partial charge in [-0.15, -0.1) is 0 Å². The molecule has 0 saturated heterocycles. The third kappa shape index (κ3) is 4.92. The predicted octanol–water partition coefficient (Wildman–Crippen LogP) is 3.68. The first-order valence-corrected chi connectivity index (χ1v) is 8.06. The van der Waals surface area contributed by atoms with E-state index in [2.05, 4.69) is 49.5 Å². The average molecular weight is 275 g/mol. The summed E-state index contributed by atoms with van der Waals surface area (Å²) in [7, 11) is 0. The molecule has 0 aliphatic heterocycles. The van der Waals surface area contributed by atoms with Gasteiger partial charge in [-0.05, 0) is 45.1 Å². The highest BCUT2D eigenvalue weighted by Gasteiger charge is 2.27. The standard InChI is InChI=1S/C18H29NO/c1-18(2,14-13-15-9-5-3-6-10-15)19-16-11-7-4-8-12-17(16)20/h3,5-6,9-10,16-17,19-20H,4,7-8,11-14H2,1-2H3. The molecule has 0 bridgehead atoms. The molecule has 2 unspecified atom stereocenters. The Kier molecular flexibility index (Phi) is 5.62. The second-order valence-electron chi connectivity index (χ2n) is 6.83. The van der Waals surface area contributed by atoms with E-state index in [9.17, 15) is 5.11 Å². The molecule has 2 N–H and O–H groups in total. The molecule has 0 heterocycles. The van der Waals surface area contributed by atoms with Crippen LogP contribution in [0, 0.1) is 0 Å². The Morgan fingerprint density at radius 3 is 2.55 bits per heavy atom. The van der Waals surface area contributed by atoms with Crippen molar-refractivity contribution in [3.63, 3.8) is 0 Å². The molecule has 2 nitrogen and oxygen atoms in total. The lowest BCUT2D eigenvalue weighted by Crippen LogP contribution is -2.50. The van der Waals surface area contributed by atoms with Crippen molar-refractivity contribution in [2.45, 2.75) is 76.5 Å². The van der Waals surface area contributed by atoms with Gasteiger partial charge in [0.05, 0.1) is 6.10 Å². The Labute approximate surface area is 123 Å². The van der Waals surface area contributed by atoms with Gasteiger partial charge in [0.2, 0.25) is 0 Å². The fourth-order valence-corrected chi connectivity index (χ4v) is 3.13. The van der Waals surface area contributed by atoms with Gasteiger partial charge in [0.25, 0.3) is 0 Å². The first-order valence-electron chi connectivity index (χ1n) is 8.06.